The van der Waals surface area contributed by atoms with Gasteiger partial charge in [-0.25, -0.2) is 0 Å². The summed E-state index contributed by atoms with van der Waals surface area (Å²) in [4.78, 5) is 5.09. The van der Waals surface area contributed by atoms with Gasteiger partial charge in [-0.15, -0.1) is 0 Å². The van der Waals surface area contributed by atoms with Gasteiger partial charge in [-0.3, -0.25) is 0 Å². The summed E-state index contributed by atoms with van der Waals surface area (Å²) in [6, 6.07) is 0. The van der Waals surface area contributed by atoms with E-state index in [0.29, 0.717) is 0 Å². The lowest BCUT2D eigenvalue weighted by molar-refractivity contribution is -0.104. The monoisotopic (exact) mass is 254 g/mol. The van der Waals surface area contributed by atoms with Crippen LogP contribution in [0.2, 0.25) is 0 Å². The van der Waals surface area contributed by atoms with E-state index in [4.69, 9.17) is 4.74 Å². The molecule has 1 spiro atoms. The molecular weight excluding hydrogens is 224 g/mol. The molecule has 0 bridgehead atoms. The van der Waals surface area contributed by atoms with Gasteiger partial charge in [0.1, 0.15) is 0 Å². The van der Waals surface area contributed by atoms with Gasteiger partial charge in [0, 0.05) is 45.3 Å². The van der Waals surface area contributed by atoms with Crippen LogP contribution in [0, 0.1) is 5.41 Å². The molecular formula is C15H30N2O. The van der Waals surface area contributed by atoms with Crippen LogP contribution in [-0.4, -0.2) is 63.3 Å². The molecule has 0 radical (unpaired) electrons. The Balaban J connectivity index is 1.35. The van der Waals surface area contributed by atoms with E-state index in [9.17, 15) is 0 Å². The Morgan fingerprint density at radius 2 is 1.50 bits per heavy atom. The topological polar surface area (TPSA) is 15.7 Å². The fourth-order valence-corrected chi connectivity index (χ4v) is 3.65. The molecule has 0 aliphatic carbocycles. The summed E-state index contributed by atoms with van der Waals surface area (Å²) in [5.41, 5.74) is 0.717. The first-order valence-corrected chi connectivity index (χ1v) is 7.64. The van der Waals surface area contributed by atoms with E-state index in [-0.39, 0.29) is 0 Å². The number of hydrogen-bond acceptors (Lipinski definition) is 3. The molecule has 0 amide bonds. The van der Waals surface area contributed by atoms with E-state index in [2.05, 4.69) is 16.8 Å². The Hall–Kier alpha value is -0.120. The minimum atomic E-state index is 0.717. The van der Waals surface area contributed by atoms with Crippen molar-refractivity contribution in [1.29, 1.82) is 0 Å². The van der Waals surface area contributed by atoms with E-state index >= 15 is 0 Å². The molecule has 2 rings (SSSR count). The molecule has 0 unspecified atom stereocenters. The van der Waals surface area contributed by atoms with E-state index in [1.807, 2.05) is 0 Å². The van der Waals surface area contributed by atoms with E-state index in [0.717, 1.165) is 12.0 Å². The molecule has 2 aliphatic heterocycles. The Bertz CT molecular complexity index is 231. The number of rotatable bonds is 9. The fraction of sp³-hybridized carbons (Fsp3) is 1.00. The number of nitrogens with zero attached hydrogens (tertiary/aromatic N) is 2. The van der Waals surface area contributed by atoms with Gasteiger partial charge in [-0.2, -0.15) is 0 Å². The van der Waals surface area contributed by atoms with Crippen LogP contribution >= 0.6 is 0 Å². The summed E-state index contributed by atoms with van der Waals surface area (Å²) in [6.07, 6.45) is 8.18. The second-order valence-corrected chi connectivity index (χ2v) is 6.50. The first-order chi connectivity index (χ1) is 8.74. The lowest BCUT2D eigenvalue weighted by Crippen LogP contribution is -2.71. The first-order valence-electron chi connectivity index (χ1n) is 7.64. The maximum absolute atomic E-state index is 5.06. The Morgan fingerprint density at radius 1 is 0.889 bits per heavy atom. The van der Waals surface area contributed by atoms with Crippen molar-refractivity contribution in [3.63, 3.8) is 0 Å². The molecule has 18 heavy (non-hydrogen) atoms. The Labute approximate surface area is 112 Å². The minimum Gasteiger partial charge on any atom is -0.385 e. The van der Waals surface area contributed by atoms with Crippen molar-refractivity contribution in [2.45, 2.75) is 38.5 Å². The predicted octanol–water partition coefficient (Wildman–Crippen LogP) is 2.22. The number of methoxy groups -OCH3 is 1. The van der Waals surface area contributed by atoms with Crippen LogP contribution in [0.1, 0.15) is 38.5 Å². The largest absolute Gasteiger partial charge is 0.385 e. The van der Waals surface area contributed by atoms with Crippen molar-refractivity contribution in [2.75, 3.05) is 53.5 Å². The summed E-state index contributed by atoms with van der Waals surface area (Å²) < 4.78 is 5.06. The quantitative estimate of drug-likeness (QED) is 0.587. The molecule has 3 heteroatoms. The molecule has 2 aliphatic rings. The second-order valence-electron chi connectivity index (χ2n) is 6.50. The highest BCUT2D eigenvalue weighted by Crippen LogP contribution is 2.38. The summed E-state index contributed by atoms with van der Waals surface area (Å²) in [6.45, 7) is 7.68. The molecule has 0 saturated carbocycles. The lowest BCUT2D eigenvalue weighted by atomic mass is 9.73. The summed E-state index contributed by atoms with van der Waals surface area (Å²) in [5.74, 6) is 0. The molecule has 2 fully saturated rings. The van der Waals surface area contributed by atoms with Crippen molar-refractivity contribution < 1.29 is 4.74 Å². The van der Waals surface area contributed by atoms with Gasteiger partial charge in [-0.05, 0) is 26.4 Å². The molecule has 106 valence electrons. The summed E-state index contributed by atoms with van der Waals surface area (Å²) in [5, 5.41) is 0. The van der Waals surface area contributed by atoms with E-state index in [1.165, 1.54) is 71.2 Å². The average Bonchev–Trinajstić information content (AvgIpc) is 2.27. The zero-order valence-electron chi connectivity index (χ0n) is 12.3. The third-order valence-corrected chi connectivity index (χ3v) is 4.40. The normalized spacial score (nSPS) is 23.0. The number of ether oxygens (including phenoxy) is 1. The standard InChI is InChI=1S/C15H30N2O/c1-16-11-15(12-16)13-17(14-15)9-7-5-3-4-6-8-10-18-2/h3-14H2,1-2H3. The van der Waals surface area contributed by atoms with Gasteiger partial charge in [-0.1, -0.05) is 25.7 Å². The molecule has 0 aromatic rings. The van der Waals surface area contributed by atoms with Crippen molar-refractivity contribution in [1.82, 2.24) is 9.80 Å². The van der Waals surface area contributed by atoms with Crippen LogP contribution in [0.25, 0.3) is 0 Å². The molecule has 2 saturated heterocycles. The number of hydrogen-bond donors (Lipinski definition) is 0. The maximum Gasteiger partial charge on any atom is 0.0462 e. The summed E-state index contributed by atoms with van der Waals surface area (Å²) in [7, 11) is 4.02. The van der Waals surface area contributed by atoms with Crippen LogP contribution in [0.4, 0.5) is 0 Å². The van der Waals surface area contributed by atoms with Crippen molar-refractivity contribution in [3.8, 4) is 0 Å². The van der Waals surface area contributed by atoms with E-state index < -0.39 is 0 Å². The van der Waals surface area contributed by atoms with Gasteiger partial charge >= 0.3 is 0 Å². The zero-order chi connectivity index (χ0) is 12.8. The number of likely N-dealkylation sites (tertiary alicyclic amines) is 2. The fourth-order valence-electron chi connectivity index (χ4n) is 3.65. The second kappa shape index (κ2) is 6.88. The summed E-state index contributed by atoms with van der Waals surface area (Å²) >= 11 is 0. The molecule has 0 atom stereocenters. The molecule has 0 aromatic heterocycles. The van der Waals surface area contributed by atoms with Crippen molar-refractivity contribution in [3.05, 3.63) is 0 Å². The highest BCUT2D eigenvalue weighted by atomic mass is 16.5. The van der Waals surface area contributed by atoms with Crippen molar-refractivity contribution in [2.24, 2.45) is 5.41 Å². The highest BCUT2D eigenvalue weighted by Gasteiger charge is 2.49. The third kappa shape index (κ3) is 3.94. The van der Waals surface area contributed by atoms with Crippen LogP contribution in [-0.2, 0) is 4.74 Å². The van der Waals surface area contributed by atoms with Crippen LogP contribution in [0.15, 0.2) is 0 Å². The van der Waals surface area contributed by atoms with Gasteiger partial charge < -0.3 is 14.5 Å². The zero-order valence-corrected chi connectivity index (χ0v) is 12.3. The smallest absolute Gasteiger partial charge is 0.0462 e. The van der Waals surface area contributed by atoms with Crippen LogP contribution in [0.3, 0.4) is 0 Å². The minimum absolute atomic E-state index is 0.717. The molecule has 3 nitrogen and oxygen atoms in total. The Morgan fingerprint density at radius 3 is 2.11 bits per heavy atom. The van der Waals surface area contributed by atoms with Crippen molar-refractivity contribution >= 4 is 0 Å². The average molecular weight is 254 g/mol. The van der Waals surface area contributed by atoms with Gasteiger partial charge in [0.25, 0.3) is 0 Å². The SMILES string of the molecule is COCCCCCCCCN1CC2(CN(C)C2)C1. The first kappa shape index (κ1) is 14.3. The third-order valence-electron chi connectivity index (χ3n) is 4.40. The van der Waals surface area contributed by atoms with Crippen LogP contribution < -0.4 is 0 Å². The maximum atomic E-state index is 5.06. The lowest BCUT2D eigenvalue weighted by Gasteiger charge is -2.59. The molecule has 0 N–H and O–H groups in total. The van der Waals surface area contributed by atoms with Gasteiger partial charge in [0.2, 0.25) is 0 Å². The highest BCUT2D eigenvalue weighted by molar-refractivity contribution is 5.04. The Kier molecular flexibility index (Phi) is 5.46. The van der Waals surface area contributed by atoms with Gasteiger partial charge in [0.15, 0.2) is 0 Å². The van der Waals surface area contributed by atoms with E-state index in [1.54, 1.807) is 7.11 Å². The predicted molar refractivity (Wildman–Crippen MR) is 75.9 cm³/mol. The molecule has 0 aromatic carbocycles. The van der Waals surface area contributed by atoms with Gasteiger partial charge in [0.05, 0.1) is 0 Å². The number of unbranched alkanes of at least 4 members (excludes halogenated alkanes) is 5. The molecule has 2 heterocycles. The van der Waals surface area contributed by atoms with Crippen LogP contribution in [0.5, 0.6) is 0 Å².